The summed E-state index contributed by atoms with van der Waals surface area (Å²) in [5.41, 5.74) is 5.47. The summed E-state index contributed by atoms with van der Waals surface area (Å²) in [5.74, 6) is 0.621. The number of nitrogen functional groups attached to an aromatic ring is 1. The standard InChI is InChI=1S/C16H23N3O3S/c1-15(2)9-4-5-16(15,3)10(6-9)22-13(21)8-23-14-18-11(17)7-12(20)19-14/h7,9-10H,4-6,8H2,1-3H3,(H3,17,18,19,20)/t9-,10+,16-/m0/s1. The molecule has 126 valence electrons. The van der Waals surface area contributed by atoms with E-state index in [4.69, 9.17) is 10.5 Å². The van der Waals surface area contributed by atoms with Gasteiger partial charge >= 0.3 is 5.97 Å². The van der Waals surface area contributed by atoms with E-state index in [0.29, 0.717) is 11.1 Å². The second-order valence-corrected chi connectivity index (χ2v) is 8.32. The summed E-state index contributed by atoms with van der Waals surface area (Å²) in [6, 6.07) is 1.21. The average Bonchev–Trinajstić information content (AvgIpc) is 2.77. The SMILES string of the molecule is CC1(C)[C@H]2CC[C@@]1(C)[C@H](OC(=O)CSc1nc(N)cc(=O)[nH]1)C2. The van der Waals surface area contributed by atoms with Gasteiger partial charge < -0.3 is 15.5 Å². The first-order valence-electron chi connectivity index (χ1n) is 7.91. The number of fused-ring (bicyclic) bond motifs is 2. The van der Waals surface area contributed by atoms with Crippen LogP contribution < -0.4 is 11.3 Å². The van der Waals surface area contributed by atoms with Crippen molar-refractivity contribution < 1.29 is 9.53 Å². The lowest BCUT2D eigenvalue weighted by molar-refractivity contribution is -0.153. The predicted octanol–water partition coefficient (Wildman–Crippen LogP) is 2.20. The van der Waals surface area contributed by atoms with E-state index in [2.05, 4.69) is 30.7 Å². The molecule has 2 aliphatic rings. The van der Waals surface area contributed by atoms with Crippen LogP contribution in [0.5, 0.6) is 0 Å². The Balaban J connectivity index is 1.59. The lowest BCUT2D eigenvalue weighted by Crippen LogP contribution is -2.38. The largest absolute Gasteiger partial charge is 0.461 e. The monoisotopic (exact) mass is 337 g/mol. The number of anilines is 1. The van der Waals surface area contributed by atoms with Crippen LogP contribution in [0, 0.1) is 16.7 Å². The number of H-pyrrole nitrogens is 1. The summed E-state index contributed by atoms with van der Waals surface area (Å²) in [7, 11) is 0. The van der Waals surface area contributed by atoms with Crippen molar-refractivity contribution >= 4 is 23.5 Å². The fraction of sp³-hybridized carbons (Fsp3) is 0.688. The molecule has 2 fully saturated rings. The molecular formula is C16H23N3O3S. The number of ether oxygens (including phenoxy) is 1. The van der Waals surface area contributed by atoms with Gasteiger partial charge in [-0.25, -0.2) is 4.98 Å². The topological polar surface area (TPSA) is 98.1 Å². The van der Waals surface area contributed by atoms with E-state index < -0.39 is 0 Å². The molecule has 0 amide bonds. The van der Waals surface area contributed by atoms with Gasteiger partial charge in [-0.15, -0.1) is 0 Å². The van der Waals surface area contributed by atoms with Gasteiger partial charge in [-0.2, -0.15) is 0 Å². The van der Waals surface area contributed by atoms with Crippen LogP contribution in [0.15, 0.2) is 16.0 Å². The van der Waals surface area contributed by atoms with Gasteiger partial charge in [-0.05, 0) is 30.6 Å². The van der Waals surface area contributed by atoms with Gasteiger partial charge in [0.2, 0.25) is 0 Å². The number of carbonyl (C=O) groups excluding carboxylic acids is 1. The Bertz CT molecular complexity index is 687. The quantitative estimate of drug-likeness (QED) is 0.496. The van der Waals surface area contributed by atoms with E-state index in [-0.39, 0.29) is 40.0 Å². The first-order valence-corrected chi connectivity index (χ1v) is 8.90. The van der Waals surface area contributed by atoms with Gasteiger partial charge in [0.1, 0.15) is 11.9 Å². The third-order valence-electron chi connectivity index (χ3n) is 6.05. The molecule has 1 heterocycles. The maximum Gasteiger partial charge on any atom is 0.316 e. The highest BCUT2D eigenvalue weighted by atomic mass is 32.2. The molecule has 7 heteroatoms. The van der Waals surface area contributed by atoms with E-state index in [1.165, 1.54) is 12.5 Å². The van der Waals surface area contributed by atoms with Gasteiger partial charge in [0.15, 0.2) is 5.16 Å². The molecule has 0 radical (unpaired) electrons. The second kappa shape index (κ2) is 5.54. The minimum atomic E-state index is -0.323. The summed E-state index contributed by atoms with van der Waals surface area (Å²) in [6.45, 7) is 6.81. The van der Waals surface area contributed by atoms with Crippen LogP contribution in [0.4, 0.5) is 5.82 Å². The van der Waals surface area contributed by atoms with Gasteiger partial charge in [-0.3, -0.25) is 9.59 Å². The highest BCUT2D eigenvalue weighted by Gasteiger charge is 2.62. The third-order valence-corrected chi connectivity index (χ3v) is 6.90. The van der Waals surface area contributed by atoms with Gasteiger partial charge in [0.05, 0.1) is 5.75 Å². The molecule has 3 atom stereocenters. The first kappa shape index (κ1) is 16.4. The van der Waals surface area contributed by atoms with Gasteiger partial charge in [0.25, 0.3) is 5.56 Å². The second-order valence-electron chi connectivity index (χ2n) is 7.35. The molecule has 0 aromatic carbocycles. The first-order chi connectivity index (χ1) is 10.7. The molecule has 1 aromatic heterocycles. The number of hydrogen-bond donors (Lipinski definition) is 2. The molecule has 0 spiro atoms. The van der Waals surface area contributed by atoms with E-state index in [0.717, 1.165) is 24.6 Å². The molecule has 2 aliphatic carbocycles. The van der Waals surface area contributed by atoms with Crippen LogP contribution >= 0.6 is 11.8 Å². The Kier molecular flexibility index (Phi) is 3.94. The van der Waals surface area contributed by atoms with E-state index in [1.807, 2.05) is 0 Å². The summed E-state index contributed by atoms with van der Waals surface area (Å²) in [5, 5.41) is 0.339. The summed E-state index contributed by atoms with van der Waals surface area (Å²) >= 11 is 1.14. The zero-order chi connectivity index (χ0) is 16.8. The van der Waals surface area contributed by atoms with Crippen LogP contribution in [0.1, 0.15) is 40.0 Å². The number of nitrogens with two attached hydrogens (primary N) is 1. The van der Waals surface area contributed by atoms with E-state index in [1.54, 1.807) is 0 Å². The Morgan fingerprint density at radius 2 is 2.26 bits per heavy atom. The van der Waals surface area contributed by atoms with Crippen molar-refractivity contribution in [1.82, 2.24) is 9.97 Å². The van der Waals surface area contributed by atoms with Crippen LogP contribution in [0.25, 0.3) is 0 Å². The molecule has 3 N–H and O–H groups in total. The number of carbonyl (C=O) groups is 1. The Hall–Kier alpha value is -1.50. The summed E-state index contributed by atoms with van der Waals surface area (Å²) in [4.78, 5) is 30.1. The third kappa shape index (κ3) is 2.75. The molecule has 6 nitrogen and oxygen atoms in total. The Morgan fingerprint density at radius 3 is 2.83 bits per heavy atom. The Labute approximate surface area is 139 Å². The fourth-order valence-corrected chi connectivity index (χ4v) is 4.82. The maximum atomic E-state index is 12.2. The molecule has 3 rings (SSSR count). The lowest BCUT2D eigenvalue weighted by atomic mass is 9.70. The normalized spacial score (nSPS) is 31.3. The molecule has 0 aliphatic heterocycles. The van der Waals surface area contributed by atoms with Crippen molar-refractivity contribution in [3.05, 3.63) is 16.4 Å². The number of esters is 1. The highest BCUT2D eigenvalue weighted by molar-refractivity contribution is 7.99. The van der Waals surface area contributed by atoms with Crippen molar-refractivity contribution in [2.45, 2.75) is 51.3 Å². The van der Waals surface area contributed by atoms with Gasteiger partial charge in [0, 0.05) is 11.5 Å². The number of hydrogen-bond acceptors (Lipinski definition) is 6. The smallest absolute Gasteiger partial charge is 0.316 e. The van der Waals surface area contributed by atoms with Crippen molar-refractivity contribution in [3.63, 3.8) is 0 Å². The van der Waals surface area contributed by atoms with Crippen LogP contribution in [0.3, 0.4) is 0 Å². The summed E-state index contributed by atoms with van der Waals surface area (Å²) in [6.07, 6.45) is 3.27. The van der Waals surface area contributed by atoms with Gasteiger partial charge in [-0.1, -0.05) is 32.5 Å². The molecule has 0 saturated heterocycles. The zero-order valence-corrected chi connectivity index (χ0v) is 14.5. The minimum Gasteiger partial charge on any atom is -0.461 e. The number of nitrogens with zero attached hydrogens (tertiary/aromatic N) is 1. The molecule has 2 bridgehead atoms. The van der Waals surface area contributed by atoms with Crippen LogP contribution in [-0.2, 0) is 9.53 Å². The van der Waals surface area contributed by atoms with Crippen molar-refractivity contribution in [3.8, 4) is 0 Å². The number of thioether (sulfide) groups is 1. The number of nitrogens with one attached hydrogen (secondary N) is 1. The van der Waals surface area contributed by atoms with Crippen LogP contribution in [0.2, 0.25) is 0 Å². The molecular weight excluding hydrogens is 314 g/mol. The van der Waals surface area contributed by atoms with Crippen molar-refractivity contribution in [2.75, 3.05) is 11.5 Å². The molecule has 1 aromatic rings. The molecule has 0 unspecified atom stereocenters. The minimum absolute atomic E-state index is 0.0165. The lowest BCUT2D eigenvalue weighted by Gasteiger charge is -2.38. The number of aromatic nitrogens is 2. The average molecular weight is 337 g/mol. The van der Waals surface area contributed by atoms with Crippen LogP contribution in [-0.4, -0.2) is 27.8 Å². The molecule has 2 saturated carbocycles. The zero-order valence-electron chi connectivity index (χ0n) is 13.7. The Morgan fingerprint density at radius 1 is 1.52 bits per heavy atom. The van der Waals surface area contributed by atoms with E-state index in [9.17, 15) is 9.59 Å². The van der Waals surface area contributed by atoms with E-state index >= 15 is 0 Å². The predicted molar refractivity (Wildman–Crippen MR) is 89.1 cm³/mol. The number of aromatic amines is 1. The molecule has 23 heavy (non-hydrogen) atoms. The highest BCUT2D eigenvalue weighted by Crippen LogP contribution is 2.66. The maximum absolute atomic E-state index is 12.2. The summed E-state index contributed by atoms with van der Waals surface area (Å²) < 4.78 is 5.76. The van der Waals surface area contributed by atoms with Crippen molar-refractivity contribution in [2.24, 2.45) is 16.7 Å². The fourth-order valence-electron chi connectivity index (χ4n) is 4.15. The number of rotatable bonds is 4. The van der Waals surface area contributed by atoms with Crippen molar-refractivity contribution in [1.29, 1.82) is 0 Å².